The van der Waals surface area contributed by atoms with Crippen molar-refractivity contribution < 1.29 is 28.6 Å². The van der Waals surface area contributed by atoms with Gasteiger partial charge in [0.05, 0.1) is 25.1 Å². The number of hydrogen-bond acceptors (Lipinski definition) is 7. The third-order valence-corrected chi connectivity index (χ3v) is 3.74. The fourth-order valence-electron chi connectivity index (χ4n) is 2.47. The van der Waals surface area contributed by atoms with Crippen LogP contribution in [0.2, 0.25) is 0 Å². The second kappa shape index (κ2) is 13.0. The molecule has 2 N–H and O–H groups in total. The Hall–Kier alpha value is -3.46. The van der Waals surface area contributed by atoms with Crippen molar-refractivity contribution in [3.63, 3.8) is 0 Å². The average Bonchev–Trinajstić information content (AvgIpc) is 2.68. The van der Waals surface area contributed by atoms with Crippen LogP contribution in [0.5, 0.6) is 0 Å². The van der Waals surface area contributed by atoms with Crippen LogP contribution >= 0.6 is 0 Å². The average molecular weight is 435 g/mol. The van der Waals surface area contributed by atoms with Crippen LogP contribution in [-0.2, 0) is 25.6 Å². The minimum atomic E-state index is -0.972. The first-order valence-electron chi connectivity index (χ1n) is 9.77. The van der Waals surface area contributed by atoms with E-state index in [1.807, 2.05) is 6.07 Å². The molecule has 0 saturated heterocycles. The zero-order valence-corrected chi connectivity index (χ0v) is 18.2. The van der Waals surface area contributed by atoms with E-state index in [4.69, 9.17) is 19.7 Å². The molecule has 1 aromatic carbocycles. The third-order valence-electron chi connectivity index (χ3n) is 3.74. The number of carbonyl (C=O) groups is 3. The summed E-state index contributed by atoms with van der Waals surface area (Å²) in [5.41, 5.74) is 8.69. The molecular formula is C20H29N5O6. The van der Waals surface area contributed by atoms with Gasteiger partial charge in [-0.25, -0.2) is 9.59 Å². The van der Waals surface area contributed by atoms with E-state index in [1.165, 1.54) is 0 Å². The Kier molecular flexibility index (Phi) is 10.7. The number of rotatable bonds is 10. The molecule has 11 heteroatoms. The molecule has 0 saturated carbocycles. The minimum Gasteiger partial charge on any atom is -0.466 e. The van der Waals surface area contributed by atoms with Crippen LogP contribution in [0.1, 0.15) is 39.7 Å². The topological polar surface area (TPSA) is 152 Å². The van der Waals surface area contributed by atoms with Crippen molar-refractivity contribution in [1.82, 2.24) is 10.6 Å². The molecule has 170 valence electrons. The summed E-state index contributed by atoms with van der Waals surface area (Å²) in [5, 5.41) is 8.53. The Morgan fingerprint density at radius 1 is 1.06 bits per heavy atom. The molecule has 0 aliphatic heterocycles. The highest BCUT2D eigenvalue weighted by molar-refractivity contribution is 5.74. The number of carbonyl (C=O) groups excluding carboxylic acids is 3. The molecule has 2 atom stereocenters. The van der Waals surface area contributed by atoms with Crippen molar-refractivity contribution in [3.8, 4) is 0 Å². The number of nitrogens with zero attached hydrogens (tertiary/aromatic N) is 3. The predicted octanol–water partition coefficient (Wildman–Crippen LogP) is 3.44. The van der Waals surface area contributed by atoms with Crippen molar-refractivity contribution in [2.45, 2.75) is 58.4 Å². The monoisotopic (exact) mass is 435 g/mol. The van der Waals surface area contributed by atoms with Gasteiger partial charge in [0, 0.05) is 11.5 Å². The first kappa shape index (κ1) is 25.6. The quantitative estimate of drug-likeness (QED) is 0.189. The van der Waals surface area contributed by atoms with Gasteiger partial charge in [-0.15, -0.1) is 0 Å². The van der Waals surface area contributed by atoms with Gasteiger partial charge in [0.2, 0.25) is 0 Å². The van der Waals surface area contributed by atoms with E-state index in [9.17, 15) is 14.4 Å². The lowest BCUT2D eigenvalue weighted by Gasteiger charge is -2.28. The van der Waals surface area contributed by atoms with Crippen LogP contribution in [0.15, 0.2) is 35.4 Å². The highest BCUT2D eigenvalue weighted by Gasteiger charge is 2.29. The highest BCUT2D eigenvalue weighted by atomic mass is 16.6. The predicted molar refractivity (Wildman–Crippen MR) is 112 cm³/mol. The maximum atomic E-state index is 12.3. The lowest BCUT2D eigenvalue weighted by molar-refractivity contribution is -0.143. The van der Waals surface area contributed by atoms with Gasteiger partial charge in [0.1, 0.15) is 12.2 Å². The van der Waals surface area contributed by atoms with Crippen molar-refractivity contribution in [2.24, 2.45) is 5.11 Å². The van der Waals surface area contributed by atoms with Gasteiger partial charge in [-0.1, -0.05) is 35.4 Å². The Morgan fingerprint density at radius 2 is 1.71 bits per heavy atom. The van der Waals surface area contributed by atoms with Crippen molar-refractivity contribution in [2.75, 3.05) is 13.2 Å². The molecule has 0 aromatic heterocycles. The largest absolute Gasteiger partial charge is 0.466 e. The lowest BCUT2D eigenvalue weighted by atomic mass is 10.1. The van der Waals surface area contributed by atoms with Crippen LogP contribution in [0.4, 0.5) is 9.59 Å². The summed E-state index contributed by atoms with van der Waals surface area (Å²) >= 11 is 0. The molecule has 0 bridgehead atoms. The van der Waals surface area contributed by atoms with Gasteiger partial charge in [-0.05, 0) is 38.8 Å². The van der Waals surface area contributed by atoms with Crippen LogP contribution < -0.4 is 10.6 Å². The third kappa shape index (κ3) is 11.3. The van der Waals surface area contributed by atoms with Crippen LogP contribution in [-0.4, -0.2) is 49.0 Å². The van der Waals surface area contributed by atoms with Crippen LogP contribution in [0, 0.1) is 0 Å². The van der Waals surface area contributed by atoms with Gasteiger partial charge >= 0.3 is 18.2 Å². The second-order valence-corrected chi connectivity index (χ2v) is 7.49. The van der Waals surface area contributed by atoms with E-state index in [0.29, 0.717) is 0 Å². The molecule has 0 aliphatic carbocycles. The molecule has 2 unspecified atom stereocenters. The number of amides is 2. The number of alkyl carbamates (subject to hydrolysis) is 2. The smallest absolute Gasteiger partial charge is 0.407 e. The van der Waals surface area contributed by atoms with E-state index < -0.39 is 35.8 Å². The normalized spacial score (nSPS) is 12.5. The molecule has 31 heavy (non-hydrogen) atoms. The first-order valence-corrected chi connectivity index (χ1v) is 9.77. The lowest BCUT2D eigenvalue weighted by Crippen LogP contribution is -2.55. The summed E-state index contributed by atoms with van der Waals surface area (Å²) < 4.78 is 15.4. The number of ether oxygens (including phenoxy) is 3. The van der Waals surface area contributed by atoms with E-state index in [-0.39, 0.29) is 26.2 Å². The summed E-state index contributed by atoms with van der Waals surface area (Å²) in [6.45, 7) is 6.62. The van der Waals surface area contributed by atoms with Gasteiger partial charge in [0.15, 0.2) is 0 Å². The summed E-state index contributed by atoms with van der Waals surface area (Å²) in [7, 11) is 0. The number of benzene rings is 1. The van der Waals surface area contributed by atoms with Gasteiger partial charge < -0.3 is 24.8 Å². The molecule has 1 aromatic rings. The van der Waals surface area contributed by atoms with Crippen molar-refractivity contribution in [1.29, 1.82) is 0 Å². The molecular weight excluding hydrogens is 406 g/mol. The van der Waals surface area contributed by atoms with Crippen molar-refractivity contribution in [3.05, 3.63) is 46.3 Å². The number of nitrogens with one attached hydrogen (secondary N) is 2. The molecule has 0 aliphatic rings. The first-order chi connectivity index (χ1) is 14.6. The Morgan fingerprint density at radius 3 is 2.29 bits per heavy atom. The Balaban J connectivity index is 2.92. The van der Waals surface area contributed by atoms with Gasteiger partial charge in [-0.2, -0.15) is 0 Å². The number of azide groups is 1. The van der Waals surface area contributed by atoms with E-state index in [2.05, 4.69) is 20.7 Å². The molecule has 0 radical (unpaired) electrons. The van der Waals surface area contributed by atoms with E-state index in [1.54, 1.807) is 52.0 Å². The van der Waals surface area contributed by atoms with Gasteiger partial charge in [-0.3, -0.25) is 4.79 Å². The molecule has 11 nitrogen and oxygen atoms in total. The van der Waals surface area contributed by atoms with Crippen molar-refractivity contribution >= 4 is 18.2 Å². The van der Waals surface area contributed by atoms with Crippen LogP contribution in [0.25, 0.3) is 10.4 Å². The molecule has 0 spiro atoms. The van der Waals surface area contributed by atoms with E-state index in [0.717, 1.165) is 5.56 Å². The fourth-order valence-corrected chi connectivity index (χ4v) is 2.47. The number of hydrogen-bond donors (Lipinski definition) is 2. The molecule has 2 amide bonds. The zero-order chi connectivity index (χ0) is 23.3. The van der Waals surface area contributed by atoms with Gasteiger partial charge in [0.25, 0.3) is 0 Å². The summed E-state index contributed by atoms with van der Waals surface area (Å²) in [5.74, 6) is -0.604. The fraction of sp³-hybridized carbons (Fsp3) is 0.550. The molecule has 0 fully saturated rings. The van der Waals surface area contributed by atoms with E-state index >= 15 is 0 Å². The maximum absolute atomic E-state index is 12.3. The Bertz CT molecular complexity index is 774. The summed E-state index contributed by atoms with van der Waals surface area (Å²) in [4.78, 5) is 39.3. The number of esters is 1. The van der Waals surface area contributed by atoms with Crippen LogP contribution in [0.3, 0.4) is 0 Å². The maximum Gasteiger partial charge on any atom is 0.407 e. The summed E-state index contributed by atoms with van der Waals surface area (Å²) in [6.07, 6.45) is -1.88. The zero-order valence-electron chi connectivity index (χ0n) is 18.2. The minimum absolute atomic E-state index is 0.0132. The Labute approximate surface area is 181 Å². The summed E-state index contributed by atoms with van der Waals surface area (Å²) in [6, 6.07) is 7.11. The second-order valence-electron chi connectivity index (χ2n) is 7.49. The highest BCUT2D eigenvalue weighted by Crippen LogP contribution is 2.10. The molecule has 1 rings (SSSR count). The SMILES string of the molecule is CCOC(=O)CC(NC(=O)OCc1ccccc1)C(CN=[N+]=[N-])NC(=O)OC(C)(C)C. The standard InChI is InChI=1S/C20H29N5O6/c1-5-29-17(26)11-15(23-18(27)30-13-14-9-7-6-8-10-14)16(12-22-25-21)24-19(28)31-20(2,3)4/h6-10,15-16H,5,11-13H2,1-4H3,(H,23,27)(H,24,28). The molecule has 0 heterocycles.